The third-order valence-electron chi connectivity index (χ3n) is 3.94. The normalized spacial score (nSPS) is 25.4. The molecule has 2 rings (SSSR count). The lowest BCUT2D eigenvalue weighted by atomic mass is 9.93. The Labute approximate surface area is 114 Å². The van der Waals surface area contributed by atoms with Gasteiger partial charge in [0.15, 0.2) is 0 Å². The van der Waals surface area contributed by atoms with Crippen LogP contribution in [0.4, 0.5) is 10.1 Å². The van der Waals surface area contributed by atoms with E-state index in [1.54, 1.807) is 20.1 Å². The van der Waals surface area contributed by atoms with Gasteiger partial charge in [-0.3, -0.25) is 0 Å². The summed E-state index contributed by atoms with van der Waals surface area (Å²) in [6.45, 7) is 5.25. The molecule has 0 radical (unpaired) electrons. The van der Waals surface area contributed by atoms with E-state index in [1.807, 2.05) is 6.07 Å². The van der Waals surface area contributed by atoms with Gasteiger partial charge in [0.05, 0.1) is 11.7 Å². The summed E-state index contributed by atoms with van der Waals surface area (Å²) in [5, 5.41) is 9.81. The van der Waals surface area contributed by atoms with E-state index in [1.165, 1.54) is 6.07 Å². The number of hydrogen-bond acceptors (Lipinski definition) is 3. The summed E-state index contributed by atoms with van der Waals surface area (Å²) in [4.78, 5) is 2.11. The number of rotatable bonds is 3. The van der Waals surface area contributed by atoms with Crippen LogP contribution in [0.15, 0.2) is 18.2 Å². The first-order valence-electron chi connectivity index (χ1n) is 6.73. The average molecular weight is 267 g/mol. The molecule has 0 aliphatic carbocycles. The number of ether oxygens (including phenoxy) is 1. The van der Waals surface area contributed by atoms with Crippen LogP contribution in [0.1, 0.15) is 38.4 Å². The van der Waals surface area contributed by atoms with Crippen molar-refractivity contribution < 1.29 is 14.2 Å². The van der Waals surface area contributed by atoms with E-state index < -0.39 is 6.10 Å². The molecule has 19 heavy (non-hydrogen) atoms. The summed E-state index contributed by atoms with van der Waals surface area (Å²) in [6.07, 6.45) is 1.19. The number of halogens is 1. The van der Waals surface area contributed by atoms with Gasteiger partial charge < -0.3 is 14.7 Å². The van der Waals surface area contributed by atoms with E-state index in [4.69, 9.17) is 4.74 Å². The van der Waals surface area contributed by atoms with Gasteiger partial charge in [0.25, 0.3) is 0 Å². The van der Waals surface area contributed by atoms with E-state index in [9.17, 15) is 9.50 Å². The van der Waals surface area contributed by atoms with Gasteiger partial charge in [-0.1, -0.05) is 6.07 Å². The van der Waals surface area contributed by atoms with Gasteiger partial charge in [0.2, 0.25) is 0 Å². The molecule has 2 atom stereocenters. The summed E-state index contributed by atoms with van der Waals surface area (Å²) in [5.41, 5.74) is 0.946. The fourth-order valence-electron chi connectivity index (χ4n) is 2.79. The number of piperidine rings is 1. The van der Waals surface area contributed by atoms with Crippen LogP contribution >= 0.6 is 0 Å². The summed E-state index contributed by atoms with van der Waals surface area (Å²) >= 11 is 0. The Kier molecular flexibility index (Phi) is 4.11. The molecule has 1 N–H and O–H groups in total. The maximum absolute atomic E-state index is 13.9. The van der Waals surface area contributed by atoms with Gasteiger partial charge in [-0.2, -0.15) is 0 Å². The quantitative estimate of drug-likeness (QED) is 0.914. The van der Waals surface area contributed by atoms with Crippen molar-refractivity contribution >= 4 is 5.69 Å². The van der Waals surface area contributed by atoms with Crippen LogP contribution in [0.5, 0.6) is 0 Å². The zero-order valence-corrected chi connectivity index (χ0v) is 11.8. The van der Waals surface area contributed by atoms with Crippen LogP contribution in [-0.2, 0) is 4.74 Å². The average Bonchev–Trinajstić information content (AvgIpc) is 2.38. The molecular formula is C15H22FNO2. The molecule has 1 aliphatic rings. The van der Waals surface area contributed by atoms with Crippen molar-refractivity contribution in [3.05, 3.63) is 29.6 Å². The molecule has 106 valence electrons. The van der Waals surface area contributed by atoms with Crippen LogP contribution in [0, 0.1) is 5.82 Å². The Morgan fingerprint density at radius 1 is 1.47 bits per heavy atom. The van der Waals surface area contributed by atoms with E-state index in [-0.39, 0.29) is 11.4 Å². The predicted octanol–water partition coefficient (Wildman–Crippen LogP) is 2.88. The van der Waals surface area contributed by atoms with Crippen molar-refractivity contribution in [2.24, 2.45) is 0 Å². The van der Waals surface area contributed by atoms with E-state index in [0.717, 1.165) is 25.1 Å². The van der Waals surface area contributed by atoms with Crippen LogP contribution in [0.3, 0.4) is 0 Å². The van der Waals surface area contributed by atoms with Crippen LogP contribution in [0.25, 0.3) is 0 Å². The van der Waals surface area contributed by atoms with Crippen molar-refractivity contribution in [1.29, 1.82) is 0 Å². The maximum Gasteiger partial charge on any atom is 0.131 e. The molecule has 0 aromatic heterocycles. The molecule has 0 spiro atoms. The number of benzene rings is 1. The molecule has 1 fully saturated rings. The smallest absolute Gasteiger partial charge is 0.131 e. The minimum Gasteiger partial charge on any atom is -0.389 e. The van der Waals surface area contributed by atoms with Gasteiger partial charge in [-0.25, -0.2) is 4.39 Å². The molecule has 1 aromatic rings. The van der Waals surface area contributed by atoms with Crippen LogP contribution in [-0.4, -0.2) is 30.9 Å². The minimum absolute atomic E-state index is 0.208. The molecule has 1 heterocycles. The van der Waals surface area contributed by atoms with Crippen molar-refractivity contribution in [3.63, 3.8) is 0 Å². The third kappa shape index (κ3) is 2.90. The standard InChI is InChI=1S/C15H22FNO2/c1-11(18)14-12(16)6-4-7-13(14)17-9-5-8-15(2,10-17)19-3/h4,6-7,11,18H,5,8-10H2,1-3H3/t11-,15?/m1/s1. The van der Waals surface area contributed by atoms with Crippen molar-refractivity contribution in [3.8, 4) is 0 Å². The molecule has 0 saturated carbocycles. The van der Waals surface area contributed by atoms with Gasteiger partial charge in [0.1, 0.15) is 5.82 Å². The fraction of sp³-hybridized carbons (Fsp3) is 0.600. The SMILES string of the molecule is COC1(C)CCCN(c2cccc(F)c2[C@@H](C)O)C1. The minimum atomic E-state index is -0.813. The molecule has 1 aromatic carbocycles. The monoisotopic (exact) mass is 267 g/mol. The second-order valence-corrected chi connectivity index (χ2v) is 5.53. The number of hydrogen-bond donors (Lipinski definition) is 1. The first-order chi connectivity index (χ1) is 8.97. The highest BCUT2D eigenvalue weighted by Crippen LogP contribution is 2.33. The fourth-order valence-corrected chi connectivity index (χ4v) is 2.79. The van der Waals surface area contributed by atoms with E-state index >= 15 is 0 Å². The van der Waals surface area contributed by atoms with Crippen molar-refractivity contribution in [2.75, 3.05) is 25.1 Å². The van der Waals surface area contributed by atoms with Gasteiger partial charge >= 0.3 is 0 Å². The number of anilines is 1. The number of nitrogens with zero attached hydrogens (tertiary/aromatic N) is 1. The molecule has 4 heteroatoms. The molecule has 3 nitrogen and oxygen atoms in total. The molecule has 0 amide bonds. The Morgan fingerprint density at radius 2 is 2.21 bits per heavy atom. The summed E-state index contributed by atoms with van der Waals surface area (Å²) in [7, 11) is 1.71. The highest BCUT2D eigenvalue weighted by molar-refractivity contribution is 5.55. The lowest BCUT2D eigenvalue weighted by Gasteiger charge is -2.41. The highest BCUT2D eigenvalue weighted by Gasteiger charge is 2.32. The Morgan fingerprint density at radius 3 is 2.84 bits per heavy atom. The second-order valence-electron chi connectivity index (χ2n) is 5.53. The lowest BCUT2D eigenvalue weighted by Crippen LogP contribution is -2.47. The van der Waals surface area contributed by atoms with Crippen LogP contribution in [0.2, 0.25) is 0 Å². The van der Waals surface area contributed by atoms with Gasteiger partial charge in [0, 0.05) is 31.5 Å². The number of aliphatic hydroxyl groups excluding tert-OH is 1. The summed E-state index contributed by atoms with van der Waals surface area (Å²) in [5.74, 6) is -0.350. The summed E-state index contributed by atoms with van der Waals surface area (Å²) in [6, 6.07) is 4.95. The molecule has 1 aliphatic heterocycles. The number of methoxy groups -OCH3 is 1. The molecule has 0 bridgehead atoms. The Bertz CT molecular complexity index is 450. The second kappa shape index (κ2) is 5.47. The largest absolute Gasteiger partial charge is 0.389 e. The predicted molar refractivity (Wildman–Crippen MR) is 73.9 cm³/mol. The van der Waals surface area contributed by atoms with Crippen molar-refractivity contribution in [1.82, 2.24) is 0 Å². The van der Waals surface area contributed by atoms with Crippen LogP contribution < -0.4 is 4.90 Å². The topological polar surface area (TPSA) is 32.7 Å². The van der Waals surface area contributed by atoms with Gasteiger partial charge in [-0.15, -0.1) is 0 Å². The first-order valence-corrected chi connectivity index (χ1v) is 6.73. The van der Waals surface area contributed by atoms with Crippen molar-refractivity contribution in [2.45, 2.75) is 38.4 Å². The maximum atomic E-state index is 13.9. The third-order valence-corrected chi connectivity index (χ3v) is 3.94. The summed E-state index contributed by atoms with van der Waals surface area (Å²) < 4.78 is 19.5. The first kappa shape index (κ1) is 14.3. The molecular weight excluding hydrogens is 245 g/mol. The molecule has 1 unspecified atom stereocenters. The Hall–Kier alpha value is -1.13. The zero-order chi connectivity index (χ0) is 14.0. The van der Waals surface area contributed by atoms with E-state index in [2.05, 4.69) is 11.8 Å². The number of aliphatic hydroxyl groups is 1. The van der Waals surface area contributed by atoms with Gasteiger partial charge in [-0.05, 0) is 38.8 Å². The highest BCUT2D eigenvalue weighted by atomic mass is 19.1. The lowest BCUT2D eigenvalue weighted by molar-refractivity contribution is -0.00478. The Balaban J connectivity index is 2.34. The van der Waals surface area contributed by atoms with E-state index in [0.29, 0.717) is 12.1 Å². The zero-order valence-electron chi connectivity index (χ0n) is 11.8. The molecule has 1 saturated heterocycles.